The van der Waals surface area contributed by atoms with Gasteiger partial charge in [-0.25, -0.2) is 14.8 Å². The first-order valence-corrected chi connectivity index (χ1v) is 11.9. The van der Waals surface area contributed by atoms with Crippen LogP contribution in [0.2, 0.25) is 0 Å². The topological polar surface area (TPSA) is 64.7 Å². The molecule has 1 aromatic carbocycles. The summed E-state index contributed by atoms with van der Waals surface area (Å²) in [6.07, 6.45) is 7.88. The lowest BCUT2D eigenvalue weighted by atomic mass is 9.89. The highest BCUT2D eigenvalue weighted by Gasteiger charge is 2.33. The molecule has 0 spiro atoms. The van der Waals surface area contributed by atoms with Gasteiger partial charge in [-0.3, -0.25) is 9.13 Å². The first-order valence-electron chi connectivity index (χ1n) is 11.2. The summed E-state index contributed by atoms with van der Waals surface area (Å²) in [6, 6.07) is 8.57. The molecule has 0 amide bonds. The molecule has 1 atom stereocenters. The third-order valence-corrected chi connectivity index (χ3v) is 6.96. The highest BCUT2D eigenvalue weighted by Crippen LogP contribution is 2.36. The number of hydrogen-bond donors (Lipinski definition) is 1. The van der Waals surface area contributed by atoms with Crippen molar-refractivity contribution in [1.29, 1.82) is 0 Å². The van der Waals surface area contributed by atoms with Crippen LogP contribution in [0, 0.1) is 0 Å². The standard InChI is InChI=1S/C23H28BrN5O/c1-2-12-28-22-19(26-20(27-22)16-6-4-3-5-7-16)21-25-18(14-29(21)23(28)30)13-15-8-10-17(24)11-9-15/h8-11,16,18,25H,2-7,12-14H2,1H3. The molecule has 1 saturated carbocycles. The molecule has 5 rings (SSSR count). The zero-order valence-electron chi connectivity index (χ0n) is 17.4. The van der Waals surface area contributed by atoms with Crippen molar-refractivity contribution in [2.75, 3.05) is 5.32 Å². The number of imidazole rings is 1. The normalized spacial score (nSPS) is 19.2. The highest BCUT2D eigenvalue weighted by atomic mass is 79.9. The second-order valence-corrected chi connectivity index (χ2v) is 9.57. The van der Waals surface area contributed by atoms with Gasteiger partial charge in [-0.1, -0.05) is 54.2 Å². The first kappa shape index (κ1) is 19.8. The van der Waals surface area contributed by atoms with E-state index in [1.807, 2.05) is 9.13 Å². The largest absolute Gasteiger partial charge is 0.365 e. The van der Waals surface area contributed by atoms with E-state index in [1.165, 1.54) is 24.8 Å². The van der Waals surface area contributed by atoms with Gasteiger partial charge in [0.25, 0.3) is 0 Å². The van der Waals surface area contributed by atoms with Gasteiger partial charge in [0.2, 0.25) is 0 Å². The minimum absolute atomic E-state index is 0.0280. The summed E-state index contributed by atoms with van der Waals surface area (Å²) < 4.78 is 4.79. The van der Waals surface area contributed by atoms with E-state index in [2.05, 4.69) is 52.4 Å². The number of aromatic nitrogens is 4. The summed E-state index contributed by atoms with van der Waals surface area (Å²) in [5.74, 6) is 2.96. The Hall–Kier alpha value is -2.15. The number of nitrogens with zero attached hydrogens (tertiary/aromatic N) is 4. The Morgan fingerprint density at radius 3 is 2.63 bits per heavy atom. The Kier molecular flexibility index (Phi) is 5.39. The number of anilines is 1. The second kappa shape index (κ2) is 8.17. The molecular weight excluding hydrogens is 442 g/mol. The summed E-state index contributed by atoms with van der Waals surface area (Å²) in [5.41, 5.74) is 2.15. The molecule has 0 bridgehead atoms. The van der Waals surface area contributed by atoms with Gasteiger partial charge in [-0.15, -0.1) is 0 Å². The molecule has 6 nitrogen and oxygen atoms in total. The summed E-state index contributed by atoms with van der Waals surface area (Å²) >= 11 is 3.50. The predicted molar refractivity (Wildman–Crippen MR) is 122 cm³/mol. The average Bonchev–Trinajstić information content (AvgIpc) is 3.38. The average molecular weight is 470 g/mol. The Bertz CT molecular complexity index is 1060. The van der Waals surface area contributed by atoms with Crippen molar-refractivity contribution < 1.29 is 0 Å². The molecule has 1 fully saturated rings. The lowest BCUT2D eigenvalue weighted by Gasteiger charge is -2.18. The van der Waals surface area contributed by atoms with E-state index in [0.29, 0.717) is 19.0 Å². The minimum atomic E-state index is 0.0280. The summed E-state index contributed by atoms with van der Waals surface area (Å²) in [4.78, 5) is 23.2. The van der Waals surface area contributed by atoms with Gasteiger partial charge in [0.1, 0.15) is 17.3 Å². The maximum absolute atomic E-state index is 13.3. The Morgan fingerprint density at radius 2 is 1.90 bits per heavy atom. The van der Waals surface area contributed by atoms with Crippen LogP contribution >= 0.6 is 15.9 Å². The van der Waals surface area contributed by atoms with Gasteiger partial charge in [0.15, 0.2) is 5.82 Å². The molecule has 1 N–H and O–H groups in total. The van der Waals surface area contributed by atoms with Crippen LogP contribution in [0.5, 0.6) is 0 Å². The molecule has 30 heavy (non-hydrogen) atoms. The maximum Gasteiger partial charge on any atom is 0.331 e. The van der Waals surface area contributed by atoms with Crippen molar-refractivity contribution in [1.82, 2.24) is 19.1 Å². The van der Waals surface area contributed by atoms with Gasteiger partial charge in [-0.2, -0.15) is 0 Å². The second-order valence-electron chi connectivity index (χ2n) is 8.65. The molecule has 1 aliphatic carbocycles. The smallest absolute Gasteiger partial charge is 0.331 e. The van der Waals surface area contributed by atoms with Crippen LogP contribution in [0.1, 0.15) is 62.8 Å². The van der Waals surface area contributed by atoms with Crippen LogP contribution in [0.3, 0.4) is 0 Å². The zero-order valence-corrected chi connectivity index (χ0v) is 19.0. The van der Waals surface area contributed by atoms with Gasteiger partial charge < -0.3 is 5.32 Å². The van der Waals surface area contributed by atoms with Crippen molar-refractivity contribution in [3.8, 4) is 11.5 Å². The van der Waals surface area contributed by atoms with Crippen LogP contribution in [0.25, 0.3) is 11.5 Å². The Balaban J connectivity index is 1.51. The van der Waals surface area contributed by atoms with Crippen molar-refractivity contribution in [3.63, 3.8) is 0 Å². The summed E-state index contributed by atoms with van der Waals surface area (Å²) in [6.45, 7) is 3.44. The molecule has 1 aromatic rings. The fraction of sp³-hybridized carbons (Fsp3) is 0.522. The molecule has 3 aliphatic heterocycles. The highest BCUT2D eigenvalue weighted by molar-refractivity contribution is 9.10. The van der Waals surface area contributed by atoms with Gasteiger partial charge >= 0.3 is 5.69 Å². The van der Waals surface area contributed by atoms with Crippen LogP contribution in [0.15, 0.2) is 33.5 Å². The van der Waals surface area contributed by atoms with Crippen LogP contribution in [-0.2, 0) is 19.5 Å². The maximum atomic E-state index is 13.3. The van der Waals surface area contributed by atoms with E-state index in [4.69, 9.17) is 9.97 Å². The number of benzene rings is 1. The van der Waals surface area contributed by atoms with E-state index in [9.17, 15) is 4.79 Å². The van der Waals surface area contributed by atoms with Crippen LogP contribution in [0.4, 0.5) is 5.82 Å². The SMILES string of the molecule is CCCn1c2nc(C3CCCCC3)nc-2c2n(c1=O)CC(Cc1ccc(Br)cc1)N2. The molecule has 0 radical (unpaired) electrons. The van der Waals surface area contributed by atoms with E-state index in [0.717, 1.165) is 53.3 Å². The number of halogens is 1. The molecule has 0 aromatic heterocycles. The predicted octanol–water partition coefficient (Wildman–Crippen LogP) is 4.80. The molecular formula is C23H28BrN5O. The van der Waals surface area contributed by atoms with Crippen molar-refractivity contribution >= 4 is 21.7 Å². The number of hydrogen-bond acceptors (Lipinski definition) is 4. The molecule has 1 unspecified atom stereocenters. The number of nitrogens with one attached hydrogen (secondary N) is 1. The number of fused-ring (bicyclic) bond motifs is 3. The van der Waals surface area contributed by atoms with E-state index in [-0.39, 0.29) is 11.7 Å². The third-order valence-electron chi connectivity index (χ3n) is 6.43. The molecule has 3 heterocycles. The quantitative estimate of drug-likeness (QED) is 0.582. The summed E-state index contributed by atoms with van der Waals surface area (Å²) in [5, 5.41) is 3.60. The van der Waals surface area contributed by atoms with Gasteiger partial charge in [-0.05, 0) is 43.4 Å². The Labute approximate surface area is 185 Å². The van der Waals surface area contributed by atoms with Gasteiger partial charge in [0.05, 0.1) is 0 Å². The van der Waals surface area contributed by atoms with Crippen LogP contribution in [-0.4, -0.2) is 25.1 Å². The molecule has 4 aliphatic rings. The molecule has 7 heteroatoms. The minimum Gasteiger partial charge on any atom is -0.365 e. The van der Waals surface area contributed by atoms with E-state index in [1.54, 1.807) is 0 Å². The van der Waals surface area contributed by atoms with Crippen molar-refractivity contribution in [2.24, 2.45) is 0 Å². The monoisotopic (exact) mass is 469 g/mol. The van der Waals surface area contributed by atoms with Gasteiger partial charge in [0, 0.05) is 29.5 Å². The van der Waals surface area contributed by atoms with Crippen LogP contribution < -0.4 is 11.0 Å². The third kappa shape index (κ3) is 3.57. The van der Waals surface area contributed by atoms with E-state index < -0.39 is 0 Å². The number of rotatable bonds is 5. The fourth-order valence-electron chi connectivity index (χ4n) is 4.92. The summed E-state index contributed by atoms with van der Waals surface area (Å²) in [7, 11) is 0. The molecule has 0 saturated heterocycles. The molecule has 158 valence electrons. The van der Waals surface area contributed by atoms with Crippen molar-refractivity contribution in [2.45, 2.75) is 76.9 Å². The lowest BCUT2D eigenvalue weighted by molar-refractivity contribution is 0.431. The zero-order chi connectivity index (χ0) is 20.7. The van der Waals surface area contributed by atoms with Crippen molar-refractivity contribution in [3.05, 3.63) is 50.6 Å². The lowest BCUT2D eigenvalue weighted by Crippen LogP contribution is -2.32. The van der Waals surface area contributed by atoms with E-state index >= 15 is 0 Å². The Morgan fingerprint density at radius 1 is 1.13 bits per heavy atom. The fourth-order valence-corrected chi connectivity index (χ4v) is 5.19. The first-order chi connectivity index (χ1) is 14.6.